The van der Waals surface area contributed by atoms with Crippen molar-refractivity contribution >= 4 is 39.2 Å². The van der Waals surface area contributed by atoms with Crippen LogP contribution in [0, 0.1) is 6.92 Å². The highest BCUT2D eigenvalue weighted by molar-refractivity contribution is 6.30. The van der Waals surface area contributed by atoms with Gasteiger partial charge in [-0.25, -0.2) is 4.79 Å². The number of hydrogen-bond acceptors (Lipinski definition) is 3. The minimum Gasteiger partial charge on any atom is -0.461 e. The van der Waals surface area contributed by atoms with Gasteiger partial charge in [-0.15, -0.1) is 0 Å². The second-order valence-electron chi connectivity index (χ2n) is 8.08. The molecule has 6 heteroatoms. The normalized spacial score (nSPS) is 11.4. The van der Waals surface area contributed by atoms with Crippen LogP contribution in [-0.2, 0) is 17.8 Å². The van der Waals surface area contributed by atoms with E-state index in [1.165, 1.54) is 0 Å². The molecule has 0 aliphatic heterocycles. The lowest BCUT2D eigenvalue weighted by Gasteiger charge is -2.11. The summed E-state index contributed by atoms with van der Waals surface area (Å²) < 4.78 is 9.53. The van der Waals surface area contributed by atoms with Crippen molar-refractivity contribution in [2.75, 3.05) is 6.61 Å². The van der Waals surface area contributed by atoms with Crippen LogP contribution >= 0.6 is 11.6 Å². The molecule has 5 nitrogen and oxygen atoms in total. The fraction of sp³-hybridized carbons (Fsp3) is 0.185. The van der Waals surface area contributed by atoms with Crippen LogP contribution in [0.5, 0.6) is 0 Å². The molecule has 5 rings (SSSR count). The molecule has 0 N–H and O–H groups in total. The van der Waals surface area contributed by atoms with Gasteiger partial charge in [0.2, 0.25) is 0 Å². The summed E-state index contributed by atoms with van der Waals surface area (Å²) in [5.74, 6) is -0.311. The molecule has 0 aliphatic carbocycles. The number of aromatic nitrogens is 3. The Kier molecular flexibility index (Phi) is 5.65. The molecule has 5 aromatic rings. The molecule has 0 amide bonds. The Morgan fingerprint density at radius 1 is 0.970 bits per heavy atom. The van der Waals surface area contributed by atoms with Crippen molar-refractivity contribution in [1.29, 1.82) is 0 Å². The van der Waals surface area contributed by atoms with E-state index in [1.54, 1.807) is 0 Å². The van der Waals surface area contributed by atoms with E-state index in [-0.39, 0.29) is 5.97 Å². The fourth-order valence-electron chi connectivity index (χ4n) is 4.46. The van der Waals surface area contributed by atoms with Gasteiger partial charge in [0.25, 0.3) is 0 Å². The number of hydrogen-bond donors (Lipinski definition) is 0. The summed E-state index contributed by atoms with van der Waals surface area (Å²) in [6.07, 6.45) is 1.88. The maximum Gasteiger partial charge on any atom is 0.355 e. The summed E-state index contributed by atoms with van der Waals surface area (Å²) in [5, 5.41) is 8.32. The molecule has 33 heavy (non-hydrogen) atoms. The van der Waals surface area contributed by atoms with Gasteiger partial charge in [0.1, 0.15) is 5.69 Å². The van der Waals surface area contributed by atoms with Gasteiger partial charge in [0.05, 0.1) is 24.9 Å². The van der Waals surface area contributed by atoms with E-state index >= 15 is 0 Å². The predicted molar refractivity (Wildman–Crippen MR) is 132 cm³/mol. The van der Waals surface area contributed by atoms with Crippen LogP contribution in [0.1, 0.15) is 34.2 Å². The highest BCUT2D eigenvalue weighted by Crippen LogP contribution is 2.34. The van der Waals surface area contributed by atoms with Crippen molar-refractivity contribution in [3.05, 3.63) is 100 Å². The van der Waals surface area contributed by atoms with Crippen LogP contribution < -0.4 is 0 Å². The first-order valence-corrected chi connectivity index (χ1v) is 11.4. The Morgan fingerprint density at radius 3 is 2.42 bits per heavy atom. The molecule has 0 unspecified atom stereocenters. The molecule has 0 saturated carbocycles. The van der Waals surface area contributed by atoms with Gasteiger partial charge < -0.3 is 9.30 Å². The smallest absolute Gasteiger partial charge is 0.355 e. The quantitative estimate of drug-likeness (QED) is 0.284. The van der Waals surface area contributed by atoms with Gasteiger partial charge in [-0.1, -0.05) is 66.2 Å². The highest BCUT2D eigenvalue weighted by atomic mass is 35.5. The van der Waals surface area contributed by atoms with E-state index in [2.05, 4.69) is 28.7 Å². The topological polar surface area (TPSA) is 49.0 Å². The summed E-state index contributed by atoms with van der Waals surface area (Å²) in [4.78, 5) is 13.1. The summed E-state index contributed by atoms with van der Waals surface area (Å²) in [5.41, 5.74) is 4.83. The fourth-order valence-corrected chi connectivity index (χ4v) is 4.58. The lowest BCUT2D eigenvalue weighted by molar-refractivity contribution is 0.0516. The molecule has 3 aromatic carbocycles. The van der Waals surface area contributed by atoms with E-state index in [9.17, 15) is 4.79 Å². The van der Waals surface area contributed by atoms with Gasteiger partial charge in [-0.3, -0.25) is 4.68 Å². The number of carbonyl (C=O) groups is 1. The average Bonchev–Trinajstić information content (AvgIpc) is 3.35. The first-order valence-electron chi connectivity index (χ1n) is 11.0. The third-order valence-electron chi connectivity index (χ3n) is 5.99. The van der Waals surface area contributed by atoms with Crippen molar-refractivity contribution in [2.45, 2.75) is 26.9 Å². The van der Waals surface area contributed by atoms with E-state index in [4.69, 9.17) is 16.3 Å². The Hall–Kier alpha value is -3.57. The molecule has 0 radical (unpaired) electrons. The lowest BCUT2D eigenvalue weighted by Crippen LogP contribution is -2.14. The number of fused-ring (bicyclic) bond motifs is 3. The maximum absolute atomic E-state index is 13.1. The third-order valence-corrected chi connectivity index (χ3v) is 6.25. The minimum absolute atomic E-state index is 0.311. The number of esters is 1. The molecular weight excluding hydrogens is 434 g/mol. The predicted octanol–water partition coefficient (Wildman–Crippen LogP) is 6.23. The van der Waals surface area contributed by atoms with E-state index in [0.29, 0.717) is 30.4 Å². The van der Waals surface area contributed by atoms with Crippen molar-refractivity contribution < 1.29 is 9.53 Å². The molecule has 2 heterocycles. The summed E-state index contributed by atoms with van der Waals surface area (Å²) in [6, 6.07) is 22.0. The van der Waals surface area contributed by atoms with Gasteiger partial charge in [0.15, 0.2) is 0 Å². The molecular formula is C27H24ClN3O2. The molecule has 0 aliphatic rings. The number of benzene rings is 3. The Balaban J connectivity index is 1.72. The zero-order chi connectivity index (χ0) is 22.9. The largest absolute Gasteiger partial charge is 0.461 e. The Morgan fingerprint density at radius 2 is 1.70 bits per heavy atom. The first kappa shape index (κ1) is 21.3. The van der Waals surface area contributed by atoms with Crippen molar-refractivity contribution in [3.63, 3.8) is 0 Å². The highest BCUT2D eigenvalue weighted by Gasteiger charge is 2.24. The van der Waals surface area contributed by atoms with Crippen molar-refractivity contribution in [3.8, 4) is 0 Å². The second kappa shape index (κ2) is 8.75. The zero-order valence-electron chi connectivity index (χ0n) is 18.6. The van der Waals surface area contributed by atoms with Gasteiger partial charge >= 0.3 is 5.97 Å². The number of aryl methyl sites for hydroxylation is 1. The SMILES string of the molecule is CCOC(=O)c1c2ccc3cnn(Cc4ccc(Cl)cc4)c3c2c(C)n1Cc1ccccc1. The van der Waals surface area contributed by atoms with Gasteiger partial charge in [-0.2, -0.15) is 5.10 Å². The molecule has 0 saturated heterocycles. The number of carbonyl (C=O) groups excluding carboxylic acids is 1. The summed E-state index contributed by atoms with van der Waals surface area (Å²) in [7, 11) is 0. The number of ether oxygens (including phenoxy) is 1. The number of rotatable bonds is 6. The molecule has 0 spiro atoms. The van der Waals surface area contributed by atoms with E-state index < -0.39 is 0 Å². The summed E-state index contributed by atoms with van der Waals surface area (Å²) in [6.45, 7) is 5.41. The van der Waals surface area contributed by atoms with E-state index in [0.717, 1.165) is 38.5 Å². The van der Waals surface area contributed by atoms with Crippen LogP contribution in [0.2, 0.25) is 5.02 Å². The molecule has 166 valence electrons. The number of nitrogens with zero attached hydrogens (tertiary/aromatic N) is 3. The number of halogens is 1. The van der Waals surface area contributed by atoms with Crippen molar-refractivity contribution in [2.24, 2.45) is 0 Å². The van der Waals surface area contributed by atoms with Crippen molar-refractivity contribution in [1.82, 2.24) is 14.3 Å². The van der Waals surface area contributed by atoms with Crippen LogP contribution in [-0.4, -0.2) is 26.9 Å². The summed E-state index contributed by atoms with van der Waals surface area (Å²) >= 11 is 6.06. The molecule has 2 aromatic heterocycles. The second-order valence-corrected chi connectivity index (χ2v) is 8.52. The van der Waals surface area contributed by atoms with Crippen LogP contribution in [0.4, 0.5) is 0 Å². The van der Waals surface area contributed by atoms with Crippen LogP contribution in [0.3, 0.4) is 0 Å². The Bertz CT molecular complexity index is 1450. The van der Waals surface area contributed by atoms with Gasteiger partial charge in [-0.05, 0) is 37.1 Å². The van der Waals surface area contributed by atoms with E-state index in [1.807, 2.05) is 72.4 Å². The first-order chi connectivity index (χ1) is 16.1. The van der Waals surface area contributed by atoms with Crippen LogP contribution in [0.15, 0.2) is 72.9 Å². The monoisotopic (exact) mass is 457 g/mol. The average molecular weight is 458 g/mol. The molecule has 0 bridgehead atoms. The maximum atomic E-state index is 13.1. The standard InChI is InChI=1S/C27H24ClN3O2/c1-3-33-27(32)26-23-14-11-21-15-29-31(17-20-9-12-22(28)13-10-20)25(21)24(23)18(2)30(26)16-19-7-5-4-6-8-19/h4-15H,3,16-17H2,1-2H3. The zero-order valence-corrected chi connectivity index (χ0v) is 19.3. The lowest BCUT2D eigenvalue weighted by atomic mass is 10.1. The third kappa shape index (κ3) is 3.89. The molecule has 0 fully saturated rings. The van der Waals surface area contributed by atoms with Gasteiger partial charge in [0, 0.05) is 33.4 Å². The molecule has 0 atom stereocenters. The Labute approximate surface area is 197 Å². The minimum atomic E-state index is -0.311. The van der Waals surface area contributed by atoms with Crippen LogP contribution in [0.25, 0.3) is 21.7 Å².